The highest BCUT2D eigenvalue weighted by Crippen LogP contribution is 2.27. The molecule has 1 fully saturated rings. The molecule has 5 nitrogen and oxygen atoms in total. The van der Waals surface area contributed by atoms with Crippen LogP contribution in [0.25, 0.3) is 0 Å². The maximum absolute atomic E-state index is 12.0. The molecule has 0 bridgehead atoms. The first-order chi connectivity index (χ1) is 9.62. The quantitative estimate of drug-likeness (QED) is 0.818. The smallest absolute Gasteiger partial charge is 0.329 e. The summed E-state index contributed by atoms with van der Waals surface area (Å²) in [5.74, 6) is -1.09. The summed E-state index contributed by atoms with van der Waals surface area (Å²) in [6.45, 7) is 0. The van der Waals surface area contributed by atoms with Gasteiger partial charge in [-0.2, -0.15) is 0 Å². The molecule has 110 valence electrons. The van der Waals surface area contributed by atoms with Crippen LogP contribution in [0, 0.1) is 0 Å². The van der Waals surface area contributed by atoms with Crippen molar-refractivity contribution >= 4 is 23.2 Å². The van der Waals surface area contributed by atoms with Crippen LogP contribution in [0.2, 0.25) is 0 Å². The van der Waals surface area contributed by atoms with Gasteiger partial charge in [0.15, 0.2) is 0 Å². The van der Waals surface area contributed by atoms with E-state index in [1.165, 1.54) is 11.3 Å². The monoisotopic (exact) mass is 296 g/mol. The van der Waals surface area contributed by atoms with Crippen molar-refractivity contribution in [3.8, 4) is 0 Å². The van der Waals surface area contributed by atoms with Gasteiger partial charge in [0.05, 0.1) is 5.01 Å². The molecule has 1 aliphatic carbocycles. The highest BCUT2D eigenvalue weighted by atomic mass is 32.1. The number of carbonyl (C=O) groups is 2. The Morgan fingerprint density at radius 2 is 2.00 bits per heavy atom. The van der Waals surface area contributed by atoms with Gasteiger partial charge < -0.3 is 10.4 Å². The van der Waals surface area contributed by atoms with E-state index in [0.717, 1.165) is 30.7 Å². The standard InChI is InChI=1S/C14H20N2O3S/c17-11(5-6-12-15-9-10-20-12)16-14(13(18)19)7-3-1-2-4-8-14/h9-10H,1-8H2,(H,16,17)(H,18,19). The summed E-state index contributed by atoms with van der Waals surface area (Å²) in [5.41, 5.74) is -1.06. The number of carboxylic acid groups (broad SMARTS) is 1. The van der Waals surface area contributed by atoms with Gasteiger partial charge in [-0.15, -0.1) is 11.3 Å². The Hall–Kier alpha value is -1.43. The zero-order valence-corrected chi connectivity index (χ0v) is 12.2. The van der Waals surface area contributed by atoms with Crippen molar-refractivity contribution in [3.63, 3.8) is 0 Å². The van der Waals surface area contributed by atoms with Gasteiger partial charge in [-0.3, -0.25) is 4.79 Å². The maximum atomic E-state index is 12.0. The molecule has 0 aliphatic heterocycles. The number of carboxylic acids is 1. The van der Waals surface area contributed by atoms with Crippen LogP contribution < -0.4 is 5.32 Å². The Balaban J connectivity index is 1.93. The molecule has 1 heterocycles. The summed E-state index contributed by atoms with van der Waals surface area (Å²) in [6.07, 6.45) is 7.45. The van der Waals surface area contributed by atoms with E-state index in [1.54, 1.807) is 6.20 Å². The molecule has 0 aromatic carbocycles. The SMILES string of the molecule is O=C(CCc1nccs1)NC1(C(=O)O)CCCCCC1. The lowest BCUT2D eigenvalue weighted by molar-refractivity contribution is -0.148. The first-order valence-electron chi connectivity index (χ1n) is 7.05. The second-order valence-corrected chi connectivity index (χ2v) is 6.25. The number of aliphatic carboxylic acids is 1. The van der Waals surface area contributed by atoms with E-state index in [9.17, 15) is 14.7 Å². The molecule has 1 aromatic rings. The number of rotatable bonds is 5. The number of hydrogen-bond donors (Lipinski definition) is 2. The summed E-state index contributed by atoms with van der Waals surface area (Å²) in [7, 11) is 0. The molecule has 2 N–H and O–H groups in total. The number of aromatic nitrogens is 1. The normalized spacial score (nSPS) is 18.2. The lowest BCUT2D eigenvalue weighted by Gasteiger charge is -2.29. The molecular weight excluding hydrogens is 276 g/mol. The minimum atomic E-state index is -1.06. The van der Waals surface area contributed by atoms with Gasteiger partial charge in [0.2, 0.25) is 5.91 Å². The summed E-state index contributed by atoms with van der Waals surface area (Å²) >= 11 is 1.51. The van der Waals surface area contributed by atoms with Gasteiger partial charge in [-0.25, -0.2) is 9.78 Å². The van der Waals surface area contributed by atoms with Gasteiger partial charge in [0.1, 0.15) is 5.54 Å². The fourth-order valence-corrected chi connectivity index (χ4v) is 3.27. The number of nitrogens with zero attached hydrogens (tertiary/aromatic N) is 1. The Morgan fingerprint density at radius 3 is 2.55 bits per heavy atom. The maximum Gasteiger partial charge on any atom is 0.329 e. The first-order valence-corrected chi connectivity index (χ1v) is 7.93. The van der Waals surface area contributed by atoms with E-state index in [-0.39, 0.29) is 5.91 Å². The number of carbonyl (C=O) groups excluding carboxylic acids is 1. The molecule has 1 amide bonds. The fourth-order valence-electron chi connectivity index (χ4n) is 2.65. The molecule has 1 saturated carbocycles. The van der Waals surface area contributed by atoms with Crippen LogP contribution in [-0.2, 0) is 16.0 Å². The largest absolute Gasteiger partial charge is 0.480 e. The Morgan fingerprint density at radius 1 is 1.30 bits per heavy atom. The zero-order chi connectivity index (χ0) is 14.4. The van der Waals surface area contributed by atoms with Crippen LogP contribution in [0.15, 0.2) is 11.6 Å². The molecule has 0 atom stereocenters. The second kappa shape index (κ2) is 6.83. The number of hydrogen-bond acceptors (Lipinski definition) is 4. The third-order valence-corrected chi connectivity index (χ3v) is 4.63. The molecule has 6 heteroatoms. The van der Waals surface area contributed by atoms with Gasteiger partial charge in [-0.05, 0) is 12.8 Å². The number of aryl methyl sites for hydroxylation is 1. The molecular formula is C14H20N2O3S. The molecule has 1 aromatic heterocycles. The van der Waals surface area contributed by atoms with E-state index < -0.39 is 11.5 Å². The average molecular weight is 296 g/mol. The van der Waals surface area contributed by atoms with E-state index in [2.05, 4.69) is 10.3 Å². The number of amides is 1. The Bertz CT molecular complexity index is 451. The van der Waals surface area contributed by atoms with E-state index in [1.807, 2.05) is 5.38 Å². The van der Waals surface area contributed by atoms with Crippen LogP contribution in [0.4, 0.5) is 0 Å². The first kappa shape index (κ1) is 15.0. The van der Waals surface area contributed by atoms with Gasteiger partial charge in [0.25, 0.3) is 0 Å². The third-order valence-electron chi connectivity index (χ3n) is 3.79. The Kier molecular flexibility index (Phi) is 5.11. The van der Waals surface area contributed by atoms with Crippen LogP contribution in [-0.4, -0.2) is 27.5 Å². The number of nitrogens with one attached hydrogen (secondary N) is 1. The van der Waals surface area contributed by atoms with Crippen molar-refractivity contribution in [2.45, 2.75) is 56.9 Å². The topological polar surface area (TPSA) is 79.3 Å². The lowest BCUT2D eigenvalue weighted by atomic mass is 9.90. The molecule has 20 heavy (non-hydrogen) atoms. The van der Waals surface area contributed by atoms with Crippen molar-refractivity contribution in [3.05, 3.63) is 16.6 Å². The molecule has 1 aliphatic rings. The van der Waals surface area contributed by atoms with Gasteiger partial charge in [0, 0.05) is 24.4 Å². The van der Waals surface area contributed by atoms with E-state index in [4.69, 9.17) is 0 Å². The van der Waals surface area contributed by atoms with Gasteiger partial charge in [-0.1, -0.05) is 25.7 Å². The summed E-state index contributed by atoms with van der Waals surface area (Å²) in [6, 6.07) is 0. The minimum Gasteiger partial charge on any atom is -0.480 e. The summed E-state index contributed by atoms with van der Waals surface area (Å²) in [4.78, 5) is 27.7. The third kappa shape index (κ3) is 3.79. The van der Waals surface area contributed by atoms with E-state index in [0.29, 0.717) is 25.7 Å². The molecule has 0 saturated heterocycles. The van der Waals surface area contributed by atoms with Crippen molar-refractivity contribution in [2.24, 2.45) is 0 Å². The second-order valence-electron chi connectivity index (χ2n) is 5.28. The fraction of sp³-hybridized carbons (Fsp3) is 0.643. The molecule has 0 radical (unpaired) electrons. The van der Waals surface area contributed by atoms with Crippen molar-refractivity contribution in [1.82, 2.24) is 10.3 Å². The van der Waals surface area contributed by atoms with Crippen molar-refractivity contribution < 1.29 is 14.7 Å². The summed E-state index contributed by atoms with van der Waals surface area (Å²) < 4.78 is 0. The lowest BCUT2D eigenvalue weighted by Crippen LogP contribution is -2.54. The average Bonchev–Trinajstić information content (AvgIpc) is 2.82. The highest BCUT2D eigenvalue weighted by Gasteiger charge is 2.39. The molecule has 0 unspecified atom stereocenters. The van der Waals surface area contributed by atoms with E-state index >= 15 is 0 Å². The van der Waals surface area contributed by atoms with Crippen LogP contribution in [0.3, 0.4) is 0 Å². The highest BCUT2D eigenvalue weighted by molar-refractivity contribution is 7.09. The van der Waals surface area contributed by atoms with Crippen LogP contribution in [0.1, 0.15) is 50.0 Å². The molecule has 2 rings (SSSR count). The van der Waals surface area contributed by atoms with Crippen LogP contribution in [0.5, 0.6) is 0 Å². The van der Waals surface area contributed by atoms with Gasteiger partial charge >= 0.3 is 5.97 Å². The van der Waals surface area contributed by atoms with Crippen molar-refractivity contribution in [2.75, 3.05) is 0 Å². The molecule has 0 spiro atoms. The van der Waals surface area contributed by atoms with Crippen LogP contribution >= 0.6 is 11.3 Å². The van der Waals surface area contributed by atoms with Crippen molar-refractivity contribution in [1.29, 1.82) is 0 Å². The minimum absolute atomic E-state index is 0.190. The summed E-state index contributed by atoms with van der Waals surface area (Å²) in [5, 5.41) is 15.0. The predicted octanol–water partition coefficient (Wildman–Crippen LogP) is 2.37. The number of thiazole rings is 1. The zero-order valence-electron chi connectivity index (χ0n) is 11.4. The Labute approximate surface area is 122 Å². The predicted molar refractivity (Wildman–Crippen MR) is 76.6 cm³/mol.